The highest BCUT2D eigenvalue weighted by molar-refractivity contribution is 7.95. The van der Waals surface area contributed by atoms with Gasteiger partial charge in [-0.3, -0.25) is 19.6 Å². The minimum Gasteiger partial charge on any atom is -0.350 e. The first-order valence-electron chi connectivity index (χ1n) is 26.2. The van der Waals surface area contributed by atoms with Crippen LogP contribution in [0.5, 0.6) is 0 Å². The number of nitrogens with zero attached hydrogens (tertiary/aromatic N) is 14. The molecule has 20 nitrogen and oxygen atoms in total. The fourth-order valence-corrected chi connectivity index (χ4v) is 14.6. The lowest BCUT2D eigenvalue weighted by atomic mass is 9.87. The first kappa shape index (κ1) is 55.7. The maximum absolute atomic E-state index is 13.4. The van der Waals surface area contributed by atoms with Crippen molar-refractivity contribution in [1.82, 2.24) is 39.7 Å². The molecule has 6 aliphatic heterocycles. The van der Waals surface area contributed by atoms with Crippen molar-refractivity contribution >= 4 is 66.1 Å². The maximum Gasteiger partial charge on any atom is 0.244 e. The Morgan fingerprint density at radius 2 is 0.895 bits per heavy atom. The molecule has 4 aromatic heterocycles. The van der Waals surface area contributed by atoms with Gasteiger partial charge in [0.15, 0.2) is 19.7 Å². The second-order valence-electron chi connectivity index (χ2n) is 22.8. The molecule has 2 amide bonds. The molecule has 4 saturated heterocycles. The molecule has 2 unspecified atom stereocenters. The second-order valence-corrected chi connectivity index (χ2v) is 27.9. The van der Waals surface area contributed by atoms with Gasteiger partial charge in [-0.25, -0.2) is 36.8 Å². The smallest absolute Gasteiger partial charge is 0.244 e. The van der Waals surface area contributed by atoms with E-state index in [0.29, 0.717) is 74.6 Å². The van der Waals surface area contributed by atoms with Crippen molar-refractivity contribution in [2.75, 3.05) is 70.4 Å². The number of pyridine rings is 2. The zero-order chi connectivity index (χ0) is 55.8. The zero-order valence-corrected chi connectivity index (χ0v) is 48.0. The normalized spacial score (nSPS) is 27.2. The van der Waals surface area contributed by atoms with Crippen LogP contribution in [0.1, 0.15) is 130 Å². The molecule has 0 aliphatic carbocycles. The monoisotopic (exact) mass is 1080 g/mol. The Bertz CT molecular complexity index is 3090. The third kappa shape index (κ3) is 9.06. The molecule has 6 aliphatic rings. The highest BCUT2D eigenvalue weighted by Crippen LogP contribution is 2.50. The zero-order valence-electron chi connectivity index (χ0n) is 46.4. The number of sulfone groups is 2. The van der Waals surface area contributed by atoms with Gasteiger partial charge in [0, 0.05) is 85.4 Å². The van der Waals surface area contributed by atoms with Gasteiger partial charge >= 0.3 is 0 Å². The first-order chi connectivity index (χ1) is 35.6. The maximum atomic E-state index is 13.4. The average molecular weight is 1080 g/mol. The van der Waals surface area contributed by atoms with E-state index in [0.717, 1.165) is 45.8 Å². The van der Waals surface area contributed by atoms with E-state index in [2.05, 4.69) is 79.4 Å². The summed E-state index contributed by atoms with van der Waals surface area (Å²) in [5.74, 6) is 2.79. The van der Waals surface area contributed by atoms with Crippen LogP contribution >= 0.6 is 0 Å². The number of carbonyl (C=O) groups is 2. The Balaban J connectivity index is 0.000000195. The topological polar surface area (TPSA) is 247 Å². The van der Waals surface area contributed by atoms with E-state index in [-0.39, 0.29) is 58.3 Å². The number of amides is 2. The number of aryl methyl sites for hydroxylation is 2. The Morgan fingerprint density at radius 3 is 1.20 bits per heavy atom. The van der Waals surface area contributed by atoms with Gasteiger partial charge in [-0.1, -0.05) is 41.5 Å². The fourth-order valence-electron chi connectivity index (χ4n) is 11.5. The van der Waals surface area contributed by atoms with Gasteiger partial charge in [0.05, 0.1) is 57.8 Å². The minimum absolute atomic E-state index is 0.0680. The van der Waals surface area contributed by atoms with Gasteiger partial charge < -0.3 is 29.4 Å². The molecule has 6 atom stereocenters. The summed E-state index contributed by atoms with van der Waals surface area (Å²) in [5, 5.41) is 19.0. The summed E-state index contributed by atoms with van der Waals surface area (Å²) in [4.78, 5) is 66.3. The summed E-state index contributed by atoms with van der Waals surface area (Å²) in [6.45, 7) is 30.6. The van der Waals surface area contributed by atoms with Crippen molar-refractivity contribution < 1.29 is 26.4 Å². The van der Waals surface area contributed by atoms with Crippen LogP contribution < -0.4 is 19.6 Å². The molecule has 0 N–H and O–H groups in total. The summed E-state index contributed by atoms with van der Waals surface area (Å²) in [7, 11) is -6.79. The number of anilines is 6. The Morgan fingerprint density at radius 1 is 0.553 bits per heavy atom. The molecule has 76 heavy (non-hydrogen) atoms. The van der Waals surface area contributed by atoms with Crippen molar-refractivity contribution in [2.45, 2.75) is 154 Å². The van der Waals surface area contributed by atoms with Crippen LogP contribution in [0.25, 0.3) is 0 Å². The van der Waals surface area contributed by atoms with Crippen LogP contribution in [0.2, 0.25) is 0 Å². The van der Waals surface area contributed by atoms with Crippen LogP contribution in [0.15, 0.2) is 37.2 Å². The molecule has 10 heterocycles. The van der Waals surface area contributed by atoms with Gasteiger partial charge in [-0.15, -0.1) is 0 Å². The third-order valence-corrected chi connectivity index (χ3v) is 21.6. The van der Waals surface area contributed by atoms with E-state index in [4.69, 9.17) is 9.97 Å². The molecule has 0 spiro atoms. The largest absolute Gasteiger partial charge is 0.350 e. The van der Waals surface area contributed by atoms with E-state index in [1.165, 1.54) is 0 Å². The number of fused-ring (bicyclic) bond motifs is 2. The lowest BCUT2D eigenvalue weighted by molar-refractivity contribution is -0.138. The number of carbonyl (C=O) groups excluding carboxylic acids is 2. The molecule has 0 saturated carbocycles. The van der Waals surface area contributed by atoms with Gasteiger partial charge in [0.2, 0.25) is 11.8 Å². The molecule has 4 aromatic rings. The lowest BCUT2D eigenvalue weighted by Crippen LogP contribution is -2.66. The van der Waals surface area contributed by atoms with Crippen LogP contribution in [0.4, 0.5) is 34.6 Å². The van der Waals surface area contributed by atoms with E-state index in [1.54, 1.807) is 48.7 Å². The first-order valence-corrected chi connectivity index (χ1v) is 29.5. The summed E-state index contributed by atoms with van der Waals surface area (Å²) < 4.78 is 47.0. The van der Waals surface area contributed by atoms with Crippen molar-refractivity contribution in [1.29, 1.82) is 10.5 Å². The molecule has 0 bridgehead atoms. The highest BCUT2D eigenvalue weighted by Gasteiger charge is 2.58. The number of rotatable bonds is 6. The molecule has 22 heteroatoms. The van der Waals surface area contributed by atoms with Crippen molar-refractivity contribution in [3.63, 3.8) is 0 Å². The molecular formula is C54H72N14O6S2. The molecule has 10 rings (SSSR count). The van der Waals surface area contributed by atoms with Gasteiger partial charge in [0.25, 0.3) is 0 Å². The highest BCUT2D eigenvalue weighted by atomic mass is 32.2. The predicted octanol–water partition coefficient (Wildman–Crippen LogP) is 5.99. The van der Waals surface area contributed by atoms with Crippen molar-refractivity contribution in [2.24, 2.45) is 0 Å². The van der Waals surface area contributed by atoms with Crippen molar-refractivity contribution in [3.8, 4) is 12.1 Å². The molecular weight excluding hydrogens is 1000 g/mol. The van der Waals surface area contributed by atoms with Crippen molar-refractivity contribution in [3.05, 3.63) is 70.8 Å². The van der Waals surface area contributed by atoms with Crippen LogP contribution in [0.3, 0.4) is 0 Å². The SMILES string of the molecule is CC.Cc1ncc(N2CC(C)(C)c3c2ncnc3N2C[C@@H](C)N(C(=O)C3(C)CCS3(=O)=O)C[C@@H]2C)cc1C#N.Cc1ncc(N2CC(C)(C)c3c2ncnc3N2C[C@@H](C)N(C(=O)C3(C)CCS3(=O)=O)C[C@@H]2C)cc1C#N. The summed E-state index contributed by atoms with van der Waals surface area (Å²) in [6, 6.07) is 7.63. The summed E-state index contributed by atoms with van der Waals surface area (Å²) >= 11 is 0. The predicted molar refractivity (Wildman–Crippen MR) is 292 cm³/mol. The number of aromatic nitrogens is 6. The lowest BCUT2D eigenvalue weighted by Gasteiger charge is -2.49. The van der Waals surface area contributed by atoms with Gasteiger partial charge in [0.1, 0.15) is 57.6 Å². The van der Waals surface area contributed by atoms with Gasteiger partial charge in [-0.2, -0.15) is 10.5 Å². The quantitative estimate of drug-likeness (QED) is 0.215. The fraction of sp³-hybridized carbons (Fsp3) is 0.593. The minimum atomic E-state index is -3.40. The Kier molecular flexibility index (Phi) is 14.5. The molecule has 0 aromatic carbocycles. The summed E-state index contributed by atoms with van der Waals surface area (Å²) in [5.41, 5.74) is 5.52. The molecule has 0 radical (unpaired) electrons. The third-order valence-electron chi connectivity index (χ3n) is 16.6. The summed E-state index contributed by atoms with van der Waals surface area (Å²) in [6.07, 6.45) is 7.42. The molecule has 406 valence electrons. The Hall–Kier alpha value is -6.52. The van der Waals surface area contributed by atoms with E-state index in [1.807, 2.05) is 67.5 Å². The van der Waals surface area contributed by atoms with Crippen LogP contribution in [0, 0.1) is 36.5 Å². The number of nitriles is 2. The number of hydrogen-bond acceptors (Lipinski definition) is 18. The number of piperazine rings is 2. The molecule has 4 fully saturated rings. The second kappa shape index (κ2) is 19.8. The van der Waals surface area contributed by atoms with E-state index in [9.17, 15) is 36.9 Å². The van der Waals surface area contributed by atoms with E-state index >= 15 is 0 Å². The standard InChI is InChI=1S/2C26H33N7O3S.C2H6/c2*1-16-13-32(24(34)26(6)7-8-37(26,35)36)17(2)12-31(16)22-21-23(30-15-29-22)33(14-25(21,4)5)20-9-19(10-27)18(3)28-11-20;1-2/h2*9,11,15-17H,7-8,12-14H2,1-6H3;1-2H3/t2*16-,17+,26?;/m00./s1. The van der Waals surface area contributed by atoms with Crippen LogP contribution in [-0.4, -0.2) is 153 Å². The average Bonchev–Trinajstić information content (AvgIpc) is 3.85. The van der Waals surface area contributed by atoms with E-state index < -0.39 is 29.2 Å². The van der Waals surface area contributed by atoms with Gasteiger partial charge in [-0.05, 0) is 80.4 Å². The Labute approximate surface area is 448 Å². The van der Waals surface area contributed by atoms with Crippen LogP contribution in [-0.2, 0) is 40.1 Å². The number of hydrogen-bond donors (Lipinski definition) is 0.